The zero-order valence-corrected chi connectivity index (χ0v) is 17.4. The van der Waals surface area contributed by atoms with Gasteiger partial charge in [-0.05, 0) is 67.3 Å². The first-order valence-electron chi connectivity index (χ1n) is 10.2. The van der Waals surface area contributed by atoms with E-state index in [4.69, 9.17) is 16.3 Å². The van der Waals surface area contributed by atoms with Gasteiger partial charge >= 0.3 is 0 Å². The second-order valence-electron chi connectivity index (χ2n) is 7.91. The number of carbonyl (C=O) groups is 2. The van der Waals surface area contributed by atoms with Crippen LogP contribution >= 0.6 is 11.6 Å². The number of morpholine rings is 1. The van der Waals surface area contributed by atoms with Gasteiger partial charge in [-0.1, -0.05) is 11.6 Å². The van der Waals surface area contributed by atoms with Crippen molar-refractivity contribution in [3.8, 4) is 0 Å². The lowest BCUT2D eigenvalue weighted by Gasteiger charge is -2.36. The molecular weight excluding hydrogens is 407 g/mol. The highest BCUT2D eigenvalue weighted by Gasteiger charge is 2.32. The van der Waals surface area contributed by atoms with E-state index in [2.05, 4.69) is 0 Å². The van der Waals surface area contributed by atoms with E-state index in [1.54, 1.807) is 34.1 Å². The van der Waals surface area contributed by atoms with Crippen LogP contribution in [0.4, 0.5) is 4.39 Å². The van der Waals surface area contributed by atoms with E-state index >= 15 is 0 Å². The zero-order valence-electron chi connectivity index (χ0n) is 16.6. The highest BCUT2D eigenvalue weighted by Crippen LogP contribution is 2.30. The summed E-state index contributed by atoms with van der Waals surface area (Å²) in [7, 11) is 0. The lowest BCUT2D eigenvalue weighted by atomic mass is 10.1. The summed E-state index contributed by atoms with van der Waals surface area (Å²) in [5.74, 6) is -0.0673. The van der Waals surface area contributed by atoms with Gasteiger partial charge in [0.15, 0.2) is 0 Å². The molecule has 0 radical (unpaired) electrons. The SMILES string of the molecule is O=C(c1ccc(Cl)cc1)N1CCOC(CN(CC2CC2)C(=O)c2ccc(F)cc2)C1. The van der Waals surface area contributed by atoms with Gasteiger partial charge in [0, 0.05) is 42.3 Å². The zero-order chi connectivity index (χ0) is 21.1. The number of ether oxygens (including phenoxy) is 1. The van der Waals surface area contributed by atoms with Crippen molar-refractivity contribution in [2.45, 2.75) is 18.9 Å². The van der Waals surface area contributed by atoms with Gasteiger partial charge in [-0.2, -0.15) is 0 Å². The van der Waals surface area contributed by atoms with Crippen molar-refractivity contribution in [2.75, 3.05) is 32.8 Å². The Kier molecular flexibility index (Phi) is 6.35. The Morgan fingerprint density at radius 2 is 1.70 bits per heavy atom. The fraction of sp³-hybridized carbons (Fsp3) is 0.391. The molecule has 0 bridgehead atoms. The number of benzene rings is 2. The molecule has 4 rings (SSSR count). The maximum absolute atomic E-state index is 13.2. The van der Waals surface area contributed by atoms with Crippen molar-refractivity contribution in [1.29, 1.82) is 0 Å². The van der Waals surface area contributed by atoms with E-state index in [0.29, 0.717) is 54.9 Å². The van der Waals surface area contributed by atoms with Gasteiger partial charge in [-0.25, -0.2) is 4.39 Å². The maximum Gasteiger partial charge on any atom is 0.254 e. The highest BCUT2D eigenvalue weighted by atomic mass is 35.5. The van der Waals surface area contributed by atoms with Crippen LogP contribution in [0.15, 0.2) is 48.5 Å². The molecule has 0 spiro atoms. The van der Waals surface area contributed by atoms with E-state index in [1.165, 1.54) is 24.3 Å². The van der Waals surface area contributed by atoms with Crippen LogP contribution in [0.3, 0.4) is 0 Å². The number of hydrogen-bond acceptors (Lipinski definition) is 3. The summed E-state index contributed by atoms with van der Waals surface area (Å²) in [5.41, 5.74) is 1.04. The van der Waals surface area contributed by atoms with Crippen LogP contribution in [-0.4, -0.2) is 60.5 Å². The molecule has 2 amide bonds. The van der Waals surface area contributed by atoms with Crippen molar-refractivity contribution < 1.29 is 18.7 Å². The fourth-order valence-electron chi connectivity index (χ4n) is 3.66. The number of carbonyl (C=O) groups excluding carboxylic acids is 2. The standard InChI is InChI=1S/C23H24ClFN2O3/c24-19-7-3-17(4-8-19)22(28)26-11-12-30-21(14-26)15-27(13-16-1-2-16)23(29)18-5-9-20(25)10-6-18/h3-10,16,21H,1-2,11-15H2. The molecule has 30 heavy (non-hydrogen) atoms. The molecule has 2 aromatic rings. The number of rotatable bonds is 6. The molecule has 1 aliphatic carbocycles. The van der Waals surface area contributed by atoms with Gasteiger partial charge in [-0.15, -0.1) is 0 Å². The predicted octanol–water partition coefficient (Wildman–Crippen LogP) is 3.87. The average molecular weight is 431 g/mol. The summed E-state index contributed by atoms with van der Waals surface area (Å²) in [4.78, 5) is 29.4. The van der Waals surface area contributed by atoms with Crippen LogP contribution in [0.25, 0.3) is 0 Å². The van der Waals surface area contributed by atoms with Crippen LogP contribution < -0.4 is 0 Å². The minimum Gasteiger partial charge on any atom is -0.373 e. The average Bonchev–Trinajstić information content (AvgIpc) is 3.58. The molecule has 7 heteroatoms. The number of hydrogen-bond donors (Lipinski definition) is 0. The van der Waals surface area contributed by atoms with E-state index in [1.807, 2.05) is 0 Å². The van der Waals surface area contributed by atoms with E-state index < -0.39 is 0 Å². The van der Waals surface area contributed by atoms with Crippen molar-refractivity contribution >= 4 is 23.4 Å². The fourth-order valence-corrected chi connectivity index (χ4v) is 3.79. The molecule has 0 aromatic heterocycles. The van der Waals surface area contributed by atoms with Crippen molar-refractivity contribution in [3.05, 3.63) is 70.5 Å². The molecule has 1 saturated carbocycles. The van der Waals surface area contributed by atoms with Gasteiger partial charge < -0.3 is 14.5 Å². The van der Waals surface area contributed by atoms with Gasteiger partial charge in [0.1, 0.15) is 5.82 Å². The Hall–Kier alpha value is -2.44. The third kappa shape index (κ3) is 5.18. The Balaban J connectivity index is 1.43. The molecule has 1 aliphatic heterocycles. The van der Waals surface area contributed by atoms with Crippen LogP contribution in [0, 0.1) is 11.7 Å². The van der Waals surface area contributed by atoms with Crippen LogP contribution in [0.5, 0.6) is 0 Å². The molecule has 5 nitrogen and oxygen atoms in total. The van der Waals surface area contributed by atoms with E-state index in [9.17, 15) is 14.0 Å². The van der Waals surface area contributed by atoms with Crippen LogP contribution in [-0.2, 0) is 4.74 Å². The second kappa shape index (κ2) is 9.14. The van der Waals surface area contributed by atoms with E-state index in [-0.39, 0.29) is 23.7 Å². The topological polar surface area (TPSA) is 49.9 Å². The van der Waals surface area contributed by atoms with Crippen molar-refractivity contribution in [2.24, 2.45) is 5.92 Å². The Morgan fingerprint density at radius 3 is 2.37 bits per heavy atom. The molecule has 0 N–H and O–H groups in total. The predicted molar refractivity (Wildman–Crippen MR) is 112 cm³/mol. The van der Waals surface area contributed by atoms with Gasteiger partial charge in [0.05, 0.1) is 12.7 Å². The van der Waals surface area contributed by atoms with Crippen LogP contribution in [0.2, 0.25) is 5.02 Å². The van der Waals surface area contributed by atoms with Gasteiger partial charge in [0.2, 0.25) is 0 Å². The van der Waals surface area contributed by atoms with Crippen molar-refractivity contribution in [1.82, 2.24) is 9.80 Å². The third-order valence-electron chi connectivity index (χ3n) is 5.50. The lowest BCUT2D eigenvalue weighted by Crippen LogP contribution is -2.51. The summed E-state index contributed by atoms with van der Waals surface area (Å²) in [6, 6.07) is 12.4. The quantitative estimate of drug-likeness (QED) is 0.699. The molecule has 1 saturated heterocycles. The Labute approximate surface area is 180 Å². The molecule has 1 atom stereocenters. The normalized spacial score (nSPS) is 18.9. The highest BCUT2D eigenvalue weighted by molar-refractivity contribution is 6.30. The first kappa shape index (κ1) is 20.8. The number of nitrogens with zero attached hydrogens (tertiary/aromatic N) is 2. The summed E-state index contributed by atoms with van der Waals surface area (Å²) in [5, 5.41) is 0.585. The minimum absolute atomic E-state index is 0.0708. The largest absolute Gasteiger partial charge is 0.373 e. The second-order valence-corrected chi connectivity index (χ2v) is 8.35. The van der Waals surface area contributed by atoms with Gasteiger partial charge in [-0.3, -0.25) is 9.59 Å². The maximum atomic E-state index is 13.2. The summed E-state index contributed by atoms with van der Waals surface area (Å²) >= 11 is 5.91. The first-order valence-corrected chi connectivity index (χ1v) is 10.6. The molecule has 2 fully saturated rings. The summed E-state index contributed by atoms with van der Waals surface area (Å²) < 4.78 is 19.1. The molecule has 2 aromatic carbocycles. The Morgan fingerprint density at radius 1 is 1.03 bits per heavy atom. The smallest absolute Gasteiger partial charge is 0.254 e. The van der Waals surface area contributed by atoms with Crippen molar-refractivity contribution in [3.63, 3.8) is 0 Å². The monoisotopic (exact) mass is 430 g/mol. The molecular formula is C23H24ClFN2O3. The number of amides is 2. The van der Waals surface area contributed by atoms with E-state index in [0.717, 1.165) is 12.8 Å². The number of halogens is 2. The molecule has 158 valence electrons. The molecule has 1 unspecified atom stereocenters. The molecule has 2 aliphatic rings. The Bertz CT molecular complexity index is 900. The third-order valence-corrected chi connectivity index (χ3v) is 5.75. The minimum atomic E-state index is -0.368. The van der Waals surface area contributed by atoms with Gasteiger partial charge in [0.25, 0.3) is 11.8 Å². The first-order chi connectivity index (χ1) is 14.5. The lowest BCUT2D eigenvalue weighted by molar-refractivity contribution is -0.0335. The molecule has 1 heterocycles. The summed E-state index contributed by atoms with van der Waals surface area (Å²) in [6.45, 7) is 2.40. The van der Waals surface area contributed by atoms with Crippen LogP contribution in [0.1, 0.15) is 33.6 Å². The summed E-state index contributed by atoms with van der Waals surface area (Å²) in [6.07, 6.45) is 1.96.